The molecule has 6 aromatic heterocycles. The van der Waals surface area contributed by atoms with E-state index in [1.54, 1.807) is 18.2 Å². The van der Waals surface area contributed by atoms with Crippen molar-refractivity contribution in [2.45, 2.75) is 44.6 Å². The van der Waals surface area contributed by atoms with Gasteiger partial charge in [0.05, 0.1) is 18.6 Å². The molecule has 0 unspecified atom stereocenters. The van der Waals surface area contributed by atoms with Gasteiger partial charge in [0, 0.05) is 165 Å². The van der Waals surface area contributed by atoms with Gasteiger partial charge in [0.2, 0.25) is 35.3 Å². The first-order valence-corrected chi connectivity index (χ1v) is 12.4. The van der Waals surface area contributed by atoms with Gasteiger partial charge in [0.1, 0.15) is 23.3 Å². The molecule has 0 spiro atoms. The minimum Gasteiger partial charge on any atom is -0.358 e. The van der Waals surface area contributed by atoms with E-state index in [0.717, 1.165) is 30.6 Å². The van der Waals surface area contributed by atoms with Crippen LogP contribution in [0.3, 0.4) is 0 Å². The molecule has 6 rings (SSSR count). The standard InChI is InChI=1S/C5F5N.2C5H3F2N.3C5H4FN.6CH4.6CH3.6Nb/c6-1-2(7)4(9)11-5(10)3(1)8;6-4-1-5(7)3-8-2-4;6-4-2-1-3-5(7)8-4;6-5-1-3-7-4-2-5;6-5-2-1-3-7-4-5;6-5-3-1-2-4-7-5;;;;;;;;;;;;;;;;;;/h;2*1-3H;3*1-4H;6*1H4;6*1H3;;;;;;/q;;;;;;;;;;;;6*-1;;;;;;. The maximum Gasteiger partial charge on any atom is 0.254 e. The van der Waals surface area contributed by atoms with Crippen LogP contribution in [0.5, 0.6) is 0 Å². The molecule has 6 nitrogen and oxygen atoms in total. The fourth-order valence-electron chi connectivity index (χ4n) is 2.25. The summed E-state index contributed by atoms with van der Waals surface area (Å²) in [7, 11) is 0. The Labute approximate surface area is 481 Å². The predicted molar refractivity (Wildman–Crippen MR) is 224 cm³/mol. The van der Waals surface area contributed by atoms with Gasteiger partial charge in [0.25, 0.3) is 11.9 Å². The summed E-state index contributed by atoms with van der Waals surface area (Å²) < 4.78 is 143. The van der Waals surface area contributed by atoms with Crippen LogP contribution in [0.2, 0.25) is 0 Å². The third-order valence-electron chi connectivity index (χ3n) is 4.19. The van der Waals surface area contributed by atoms with Gasteiger partial charge in [-0.05, 0) is 48.5 Å². The van der Waals surface area contributed by atoms with Crippen LogP contribution in [0.4, 0.5) is 52.7 Å². The number of rotatable bonds is 0. The number of pyridine rings is 6. The monoisotopic (exact) mass is 1430 g/mol. The fourth-order valence-corrected chi connectivity index (χ4v) is 2.25. The van der Waals surface area contributed by atoms with Gasteiger partial charge in [-0.3, -0.25) is 15.0 Å². The Hall–Kier alpha value is -1.50. The van der Waals surface area contributed by atoms with Crippen LogP contribution in [0.1, 0.15) is 44.6 Å². The maximum atomic E-state index is 12.0. The van der Waals surface area contributed by atoms with E-state index in [1.165, 1.54) is 61.3 Å². The van der Waals surface area contributed by atoms with Crippen molar-refractivity contribution in [3.8, 4) is 0 Å². The van der Waals surface area contributed by atoms with Gasteiger partial charge in [0.15, 0.2) is 0 Å². The second kappa shape index (κ2) is 72.5. The number of aromatic nitrogens is 6. The van der Waals surface area contributed by atoms with Gasteiger partial charge in [-0.2, -0.15) is 40.7 Å². The van der Waals surface area contributed by atoms with Gasteiger partial charge >= 0.3 is 0 Å². The summed E-state index contributed by atoms with van der Waals surface area (Å²) in [5.41, 5.74) is 0. The van der Waals surface area contributed by atoms with Crippen molar-refractivity contribution in [3.63, 3.8) is 0 Å². The molecule has 24 heteroatoms. The van der Waals surface area contributed by atoms with E-state index in [0.29, 0.717) is 0 Å². The van der Waals surface area contributed by atoms with Gasteiger partial charge in [-0.25, -0.2) is 26.9 Å². The third-order valence-corrected chi connectivity index (χ3v) is 4.19. The molecule has 0 saturated carbocycles. The van der Waals surface area contributed by atoms with Crippen molar-refractivity contribution in [1.29, 1.82) is 0 Å². The average Bonchev–Trinajstić information content (AvgIpc) is 3.05. The largest absolute Gasteiger partial charge is 0.358 e. The number of halogens is 12. The van der Waals surface area contributed by atoms with Crippen LogP contribution >= 0.6 is 0 Å². The van der Waals surface area contributed by atoms with Crippen LogP contribution in [0.15, 0.2) is 110 Å². The van der Waals surface area contributed by atoms with Crippen LogP contribution < -0.4 is 0 Å². The van der Waals surface area contributed by atoms with Gasteiger partial charge in [-0.15, -0.1) is 0 Å². The first-order chi connectivity index (χ1) is 22.8. The summed E-state index contributed by atoms with van der Waals surface area (Å²) in [6.45, 7) is 0. The van der Waals surface area contributed by atoms with Crippen molar-refractivity contribution < 1.29 is 187 Å². The molecule has 0 aromatic carbocycles. The second-order valence-corrected chi connectivity index (χ2v) is 7.73. The van der Waals surface area contributed by atoms with Crippen molar-refractivity contribution >= 4 is 0 Å². The predicted octanol–water partition coefficient (Wildman–Crippen LogP) is 14.7. The van der Waals surface area contributed by atoms with Crippen molar-refractivity contribution in [3.05, 3.63) is 225 Å². The van der Waals surface area contributed by atoms with E-state index < -0.39 is 58.8 Å². The Balaban J connectivity index is -0.0000000250. The van der Waals surface area contributed by atoms with E-state index in [9.17, 15) is 52.7 Å². The molecule has 0 aliphatic carbocycles. The van der Waals surface area contributed by atoms with Crippen LogP contribution in [-0.2, 0) is 134 Å². The molecular weight excluding hydrogens is 1370 g/mol. The molecule has 6 aromatic rings. The van der Waals surface area contributed by atoms with E-state index >= 15 is 0 Å². The van der Waals surface area contributed by atoms with Crippen LogP contribution in [0.25, 0.3) is 0 Å². The summed E-state index contributed by atoms with van der Waals surface area (Å²) in [6.07, 6.45) is 8.83. The number of hydrogen-bond acceptors (Lipinski definition) is 6. The molecule has 0 amide bonds. The Bertz CT molecular complexity index is 1600. The molecule has 0 saturated heterocycles. The molecule has 0 N–H and O–H groups in total. The third kappa shape index (κ3) is 60.5. The topological polar surface area (TPSA) is 77.3 Å². The Morgan fingerprint density at radius 2 is 0.697 bits per heavy atom. The van der Waals surface area contributed by atoms with Crippen molar-refractivity contribution in [1.82, 2.24) is 29.9 Å². The SMILES string of the molecule is C.C.C.C.C.C.Fc1cccc(F)n1.Fc1ccccn1.Fc1cccnc1.Fc1ccncc1.Fc1cncc(F)c1.Fc1nc(F)c(F)c(F)c1F.[CH3-].[CH3-].[CH3-].[CH3-].[CH3-].[CH3-].[Nb].[Nb].[Nb].[Nb].[Nb].[Nb]. The van der Waals surface area contributed by atoms with Crippen molar-refractivity contribution in [2.24, 2.45) is 0 Å². The van der Waals surface area contributed by atoms with E-state index in [-0.39, 0.29) is 235 Å². The normalized spacial score (nSPS) is 6.73. The minimum absolute atomic E-state index is 0. The molecular formula is C42H60F12N6Nb6-6. The first-order valence-electron chi connectivity index (χ1n) is 12.4. The van der Waals surface area contributed by atoms with E-state index in [2.05, 4.69) is 29.9 Å². The quantitative estimate of drug-likeness (QED) is 0.0653. The Morgan fingerprint density at radius 3 is 0.909 bits per heavy atom. The summed E-state index contributed by atoms with van der Waals surface area (Å²) in [5.74, 6) is -14.3. The molecule has 0 bridgehead atoms. The minimum atomic E-state index is -2.20. The molecule has 6 radical (unpaired) electrons. The fraction of sp³-hybridized carbons (Fsp3) is 0.143. The van der Waals surface area contributed by atoms with E-state index in [1.807, 2.05) is 0 Å². The molecule has 66 heavy (non-hydrogen) atoms. The molecule has 378 valence electrons. The smallest absolute Gasteiger partial charge is 0.254 e. The summed E-state index contributed by atoms with van der Waals surface area (Å²) in [5, 5.41) is 0. The van der Waals surface area contributed by atoms with Crippen LogP contribution in [0, 0.1) is 115 Å². The molecule has 0 fully saturated rings. The summed E-state index contributed by atoms with van der Waals surface area (Å²) in [4.78, 5) is 18.6. The zero-order valence-electron chi connectivity index (χ0n) is 32.3. The van der Waals surface area contributed by atoms with Crippen LogP contribution in [-0.4, -0.2) is 29.9 Å². The van der Waals surface area contributed by atoms with E-state index in [4.69, 9.17) is 0 Å². The zero-order valence-corrected chi connectivity index (χ0v) is 45.5. The van der Waals surface area contributed by atoms with Crippen molar-refractivity contribution in [2.75, 3.05) is 0 Å². The first kappa shape index (κ1) is 120. The maximum absolute atomic E-state index is 12.0. The molecule has 0 atom stereocenters. The summed E-state index contributed by atoms with van der Waals surface area (Å²) in [6, 6.07) is 14.3. The van der Waals surface area contributed by atoms with Gasteiger partial charge < -0.3 is 44.6 Å². The molecule has 0 aliphatic rings. The molecule has 6 heterocycles. The Morgan fingerprint density at radius 1 is 0.303 bits per heavy atom. The molecule has 0 aliphatic heterocycles. The number of nitrogens with zero attached hydrogens (tertiary/aromatic N) is 6. The van der Waals surface area contributed by atoms with Gasteiger partial charge in [-0.1, -0.05) is 56.7 Å². The second-order valence-electron chi connectivity index (χ2n) is 7.73. The zero-order chi connectivity index (χ0) is 35.9. The average molecular weight is 1430 g/mol. The Kier molecular flexibility index (Phi) is 132. The number of hydrogen-bond donors (Lipinski definition) is 0. The summed E-state index contributed by atoms with van der Waals surface area (Å²) >= 11 is 0.